The van der Waals surface area contributed by atoms with E-state index < -0.39 is 5.54 Å². The van der Waals surface area contributed by atoms with Crippen LogP contribution < -0.4 is 10.9 Å². The average molecular weight is 428 g/mol. The summed E-state index contributed by atoms with van der Waals surface area (Å²) in [6.07, 6.45) is 11.7. The van der Waals surface area contributed by atoms with Crippen molar-refractivity contribution < 1.29 is 4.79 Å². The SMILES string of the molecule is C/C=C1\C2C=C(C)CC1(N=C/C=C/c1ccccc1C(=O)NCC)c1ccc(=O)[nH]c1C2. The Kier molecular flexibility index (Phi) is 6.08. The Morgan fingerprint density at radius 3 is 2.88 bits per heavy atom. The van der Waals surface area contributed by atoms with Crippen LogP contribution >= 0.6 is 0 Å². The Morgan fingerprint density at radius 2 is 2.09 bits per heavy atom. The van der Waals surface area contributed by atoms with Gasteiger partial charge >= 0.3 is 0 Å². The molecule has 2 unspecified atom stereocenters. The summed E-state index contributed by atoms with van der Waals surface area (Å²) in [5, 5.41) is 2.86. The third-order valence-electron chi connectivity index (χ3n) is 6.28. The fourth-order valence-corrected chi connectivity index (χ4v) is 5.07. The summed E-state index contributed by atoms with van der Waals surface area (Å²) in [5.74, 6) is 0.152. The molecule has 4 rings (SSSR count). The van der Waals surface area contributed by atoms with Crippen LogP contribution in [0.4, 0.5) is 0 Å². The number of pyridine rings is 1. The van der Waals surface area contributed by atoms with Crippen LogP contribution in [0.5, 0.6) is 0 Å². The van der Waals surface area contributed by atoms with E-state index in [9.17, 15) is 9.59 Å². The fraction of sp³-hybridized carbons (Fsp3) is 0.296. The Balaban J connectivity index is 1.72. The van der Waals surface area contributed by atoms with Crippen LogP contribution in [0.25, 0.3) is 6.08 Å². The second-order valence-electron chi connectivity index (χ2n) is 8.40. The van der Waals surface area contributed by atoms with Gasteiger partial charge < -0.3 is 10.3 Å². The summed E-state index contributed by atoms with van der Waals surface area (Å²) in [4.78, 5) is 32.4. The average Bonchev–Trinajstić information content (AvgIpc) is 2.76. The van der Waals surface area contributed by atoms with E-state index in [4.69, 9.17) is 4.99 Å². The van der Waals surface area contributed by atoms with Crippen LogP contribution in [0.3, 0.4) is 0 Å². The first-order valence-electron chi connectivity index (χ1n) is 11.1. The van der Waals surface area contributed by atoms with Gasteiger partial charge in [0, 0.05) is 48.0 Å². The second-order valence-corrected chi connectivity index (χ2v) is 8.40. The number of H-pyrrole nitrogens is 1. The number of nitrogens with zero attached hydrogens (tertiary/aromatic N) is 1. The molecule has 2 bridgehead atoms. The number of rotatable bonds is 5. The summed E-state index contributed by atoms with van der Waals surface area (Å²) < 4.78 is 0. The molecule has 0 saturated heterocycles. The number of aromatic nitrogens is 1. The minimum Gasteiger partial charge on any atom is -0.352 e. The molecule has 2 N–H and O–H groups in total. The van der Waals surface area contributed by atoms with Gasteiger partial charge in [-0.1, -0.05) is 42.0 Å². The largest absolute Gasteiger partial charge is 0.352 e. The van der Waals surface area contributed by atoms with Gasteiger partial charge in [-0.15, -0.1) is 0 Å². The smallest absolute Gasteiger partial charge is 0.251 e. The number of hydrogen-bond donors (Lipinski definition) is 2. The van der Waals surface area contributed by atoms with Gasteiger partial charge in [-0.05, 0) is 56.5 Å². The van der Waals surface area contributed by atoms with Crippen LogP contribution in [-0.4, -0.2) is 23.7 Å². The maximum atomic E-state index is 12.3. The molecule has 0 spiro atoms. The highest BCUT2D eigenvalue weighted by Gasteiger charge is 2.46. The van der Waals surface area contributed by atoms with Gasteiger partial charge in [-0.25, -0.2) is 0 Å². The molecule has 1 aromatic carbocycles. The highest BCUT2D eigenvalue weighted by molar-refractivity contribution is 5.98. The number of allylic oxidation sites excluding steroid dienone is 3. The minimum atomic E-state index is -0.514. The van der Waals surface area contributed by atoms with Crippen molar-refractivity contribution >= 4 is 18.2 Å². The minimum absolute atomic E-state index is 0.0764. The molecule has 2 aromatic rings. The van der Waals surface area contributed by atoms with E-state index in [1.165, 1.54) is 11.1 Å². The van der Waals surface area contributed by atoms with E-state index >= 15 is 0 Å². The normalized spacial score (nSPS) is 23.4. The Morgan fingerprint density at radius 1 is 1.28 bits per heavy atom. The maximum Gasteiger partial charge on any atom is 0.251 e. The van der Waals surface area contributed by atoms with Gasteiger partial charge in [0.05, 0.1) is 0 Å². The van der Waals surface area contributed by atoms with Crippen molar-refractivity contribution in [1.29, 1.82) is 0 Å². The molecule has 2 atom stereocenters. The van der Waals surface area contributed by atoms with Gasteiger partial charge in [-0.2, -0.15) is 0 Å². The van der Waals surface area contributed by atoms with Crippen LogP contribution in [0.15, 0.2) is 75.6 Å². The number of amides is 1. The lowest BCUT2D eigenvalue weighted by atomic mass is 9.63. The van der Waals surface area contributed by atoms with Crippen LogP contribution in [0, 0.1) is 5.92 Å². The number of aromatic amines is 1. The van der Waals surface area contributed by atoms with Crippen LogP contribution in [0.1, 0.15) is 54.4 Å². The van der Waals surface area contributed by atoms with Gasteiger partial charge in [0.15, 0.2) is 0 Å². The molecule has 32 heavy (non-hydrogen) atoms. The van der Waals surface area contributed by atoms with Gasteiger partial charge in [0.2, 0.25) is 5.56 Å². The van der Waals surface area contributed by atoms with Crippen molar-refractivity contribution in [1.82, 2.24) is 10.3 Å². The third-order valence-corrected chi connectivity index (χ3v) is 6.28. The van der Waals surface area contributed by atoms with Crippen LogP contribution in [0.2, 0.25) is 0 Å². The van der Waals surface area contributed by atoms with E-state index in [-0.39, 0.29) is 17.4 Å². The predicted octanol–water partition coefficient (Wildman–Crippen LogP) is 4.57. The quantitative estimate of drug-likeness (QED) is 0.542. The maximum absolute atomic E-state index is 12.3. The monoisotopic (exact) mass is 427 g/mol. The van der Waals surface area contributed by atoms with Gasteiger partial charge in [0.1, 0.15) is 5.54 Å². The third kappa shape index (κ3) is 3.91. The predicted molar refractivity (Wildman–Crippen MR) is 130 cm³/mol. The molecule has 0 radical (unpaired) electrons. The van der Waals surface area contributed by atoms with Crippen molar-refractivity contribution in [2.45, 2.75) is 39.2 Å². The second kappa shape index (κ2) is 8.95. The Bertz CT molecular complexity index is 1220. The highest BCUT2D eigenvalue weighted by Crippen LogP contribution is 2.51. The number of hydrogen-bond acceptors (Lipinski definition) is 3. The highest BCUT2D eigenvalue weighted by atomic mass is 16.1. The molecule has 1 amide bonds. The number of aliphatic imine (C=N–C) groups is 1. The number of fused-ring (bicyclic) bond motifs is 4. The number of benzene rings is 1. The lowest BCUT2D eigenvalue weighted by molar-refractivity contribution is 0.0955. The Hall–Kier alpha value is -3.47. The van der Waals surface area contributed by atoms with Crippen molar-refractivity contribution in [3.8, 4) is 0 Å². The molecule has 2 aliphatic rings. The lowest BCUT2D eigenvalue weighted by Crippen LogP contribution is -2.40. The zero-order chi connectivity index (χ0) is 22.7. The zero-order valence-electron chi connectivity index (χ0n) is 18.8. The van der Waals surface area contributed by atoms with Gasteiger partial charge in [0.25, 0.3) is 5.91 Å². The van der Waals surface area contributed by atoms with E-state index in [2.05, 4.69) is 36.3 Å². The lowest BCUT2D eigenvalue weighted by Gasteiger charge is -2.45. The zero-order valence-corrected chi connectivity index (χ0v) is 18.8. The summed E-state index contributed by atoms with van der Waals surface area (Å²) in [7, 11) is 0. The number of nitrogens with one attached hydrogen (secondary N) is 2. The molecular formula is C27H29N3O2. The molecular weight excluding hydrogens is 398 g/mol. The standard InChI is InChI=1S/C27H29N3O2/c1-4-22-20-15-18(3)17-27(22,23-12-13-25(31)30-24(23)16-20)29-14-8-10-19-9-6-7-11-21(19)26(32)28-5-2/h4,6-15,20H,5,16-17H2,1-3H3,(H,28,32)(H,30,31)/b10-8+,22-4+,29-14?. The van der Waals surface area contributed by atoms with E-state index in [1.807, 2.05) is 55.6 Å². The fourth-order valence-electron chi connectivity index (χ4n) is 5.07. The molecule has 1 aromatic heterocycles. The molecule has 0 fully saturated rings. The number of carbonyl (C=O) groups excluding carboxylic acids is 1. The summed E-state index contributed by atoms with van der Waals surface area (Å²) in [5.41, 5.74) is 5.52. The molecule has 0 saturated carbocycles. The topological polar surface area (TPSA) is 74.3 Å². The summed E-state index contributed by atoms with van der Waals surface area (Å²) in [6, 6.07) is 11.1. The van der Waals surface area contributed by atoms with Crippen molar-refractivity contribution in [2.24, 2.45) is 10.9 Å². The molecule has 0 aliphatic heterocycles. The summed E-state index contributed by atoms with van der Waals surface area (Å²) >= 11 is 0. The van der Waals surface area contributed by atoms with Crippen molar-refractivity contribution in [2.75, 3.05) is 6.54 Å². The van der Waals surface area contributed by atoms with Crippen molar-refractivity contribution in [3.05, 3.63) is 98.5 Å². The molecule has 5 heteroatoms. The molecule has 5 nitrogen and oxygen atoms in total. The number of carbonyl (C=O) groups is 1. The van der Waals surface area contributed by atoms with Gasteiger partial charge in [-0.3, -0.25) is 14.6 Å². The first-order valence-corrected chi connectivity index (χ1v) is 11.1. The van der Waals surface area contributed by atoms with E-state index in [0.29, 0.717) is 12.1 Å². The Labute approximate surface area is 188 Å². The van der Waals surface area contributed by atoms with Crippen molar-refractivity contribution in [3.63, 3.8) is 0 Å². The summed E-state index contributed by atoms with van der Waals surface area (Å²) in [6.45, 7) is 6.71. The molecule has 1 heterocycles. The first kappa shape index (κ1) is 21.8. The van der Waals surface area contributed by atoms with E-state index in [0.717, 1.165) is 29.7 Å². The van der Waals surface area contributed by atoms with Crippen LogP contribution in [-0.2, 0) is 12.0 Å². The first-order chi connectivity index (χ1) is 15.5. The van der Waals surface area contributed by atoms with E-state index in [1.54, 1.807) is 6.07 Å². The molecule has 164 valence electrons. The molecule has 2 aliphatic carbocycles.